The van der Waals surface area contributed by atoms with Crippen molar-refractivity contribution in [3.8, 4) is 0 Å². The Balaban J connectivity index is 2.74. The Morgan fingerprint density at radius 3 is 2.68 bits per heavy atom. The molecule has 6 nitrogen and oxygen atoms in total. The molecule has 0 spiro atoms. The summed E-state index contributed by atoms with van der Waals surface area (Å²) in [5, 5.41) is 16.5. The molecule has 1 rings (SSSR count). The number of hydrogen-bond acceptors (Lipinski definition) is 4. The van der Waals surface area contributed by atoms with Crippen LogP contribution in [0.3, 0.4) is 0 Å². The van der Waals surface area contributed by atoms with E-state index in [1.165, 1.54) is 12.1 Å². The summed E-state index contributed by atoms with van der Waals surface area (Å²) in [4.78, 5) is 21.6. The van der Waals surface area contributed by atoms with Crippen LogP contribution in [-0.4, -0.2) is 23.9 Å². The van der Waals surface area contributed by atoms with Crippen molar-refractivity contribution < 1.29 is 9.72 Å². The van der Waals surface area contributed by atoms with E-state index in [0.717, 1.165) is 6.42 Å². The van der Waals surface area contributed by atoms with Gasteiger partial charge < -0.3 is 10.6 Å². The van der Waals surface area contributed by atoms with Crippen molar-refractivity contribution in [2.75, 3.05) is 18.4 Å². The third kappa shape index (κ3) is 4.40. The number of amides is 1. The molecule has 0 saturated heterocycles. The van der Waals surface area contributed by atoms with Crippen LogP contribution in [0.15, 0.2) is 12.1 Å². The largest absolute Gasteiger partial charge is 0.375 e. The van der Waals surface area contributed by atoms with Gasteiger partial charge in [-0.05, 0) is 18.9 Å². The van der Waals surface area contributed by atoms with E-state index in [1.54, 1.807) is 6.92 Å². The van der Waals surface area contributed by atoms with Crippen molar-refractivity contribution in [1.29, 1.82) is 0 Å². The number of non-ortho nitro benzene ring substituents is 1. The molecule has 0 atom stereocenters. The van der Waals surface area contributed by atoms with E-state index < -0.39 is 4.92 Å². The molecule has 19 heavy (non-hydrogen) atoms. The summed E-state index contributed by atoms with van der Waals surface area (Å²) in [6, 6.07) is 2.68. The first-order valence-electron chi connectivity index (χ1n) is 5.90. The summed E-state index contributed by atoms with van der Waals surface area (Å²) in [6.07, 6.45) is 0.864. The van der Waals surface area contributed by atoms with Gasteiger partial charge in [-0.2, -0.15) is 0 Å². The van der Waals surface area contributed by atoms with Gasteiger partial charge in [0, 0.05) is 18.7 Å². The van der Waals surface area contributed by atoms with E-state index in [1.807, 2.05) is 6.92 Å². The van der Waals surface area contributed by atoms with Crippen molar-refractivity contribution in [1.82, 2.24) is 5.32 Å². The maximum atomic E-state index is 11.4. The van der Waals surface area contributed by atoms with E-state index in [0.29, 0.717) is 17.8 Å². The molecule has 2 N–H and O–H groups in total. The van der Waals surface area contributed by atoms with E-state index in [-0.39, 0.29) is 23.2 Å². The number of nitro groups is 1. The van der Waals surface area contributed by atoms with Crippen molar-refractivity contribution in [2.24, 2.45) is 0 Å². The number of carbonyl (C=O) groups is 1. The zero-order valence-corrected chi connectivity index (χ0v) is 11.6. The lowest BCUT2D eigenvalue weighted by Gasteiger charge is -2.11. The number of rotatable bonds is 6. The van der Waals surface area contributed by atoms with Crippen molar-refractivity contribution in [3.63, 3.8) is 0 Å². The van der Waals surface area contributed by atoms with Gasteiger partial charge in [-0.3, -0.25) is 14.9 Å². The van der Waals surface area contributed by atoms with Gasteiger partial charge in [0.25, 0.3) is 5.69 Å². The second-order valence-electron chi connectivity index (χ2n) is 4.08. The molecule has 0 bridgehead atoms. The fourth-order valence-corrected chi connectivity index (χ4v) is 1.88. The molecule has 0 aromatic heterocycles. The van der Waals surface area contributed by atoms with E-state index in [4.69, 9.17) is 11.6 Å². The van der Waals surface area contributed by atoms with Crippen molar-refractivity contribution in [3.05, 3.63) is 32.8 Å². The van der Waals surface area contributed by atoms with Gasteiger partial charge >= 0.3 is 0 Å². The van der Waals surface area contributed by atoms with Gasteiger partial charge in [-0.15, -0.1) is 0 Å². The number of benzene rings is 1. The Labute approximate surface area is 116 Å². The smallest absolute Gasteiger partial charge is 0.271 e. The van der Waals surface area contributed by atoms with Gasteiger partial charge in [-0.1, -0.05) is 18.5 Å². The number of hydrogen-bond donors (Lipinski definition) is 2. The molecule has 1 amide bonds. The van der Waals surface area contributed by atoms with Gasteiger partial charge in [0.05, 0.1) is 22.2 Å². The Morgan fingerprint density at radius 2 is 2.16 bits per heavy atom. The molecule has 0 aliphatic carbocycles. The first kappa shape index (κ1) is 15.2. The standard InChI is InChI=1S/C12H16ClN3O3/c1-3-4-14-11(17)7-15-12-8(2)5-9(16(18)19)6-10(12)13/h5-6,15H,3-4,7H2,1-2H3,(H,14,17). The molecule has 1 aromatic rings. The Kier molecular flexibility index (Phi) is 5.57. The molecule has 0 saturated carbocycles. The molecular weight excluding hydrogens is 270 g/mol. The van der Waals surface area contributed by atoms with E-state index >= 15 is 0 Å². The predicted molar refractivity (Wildman–Crippen MR) is 74.6 cm³/mol. The minimum absolute atomic E-state index is 0.0662. The number of nitro benzene ring substituents is 1. The molecular formula is C12H16ClN3O3. The van der Waals surface area contributed by atoms with Crippen LogP contribution in [0, 0.1) is 17.0 Å². The lowest BCUT2D eigenvalue weighted by molar-refractivity contribution is -0.384. The van der Waals surface area contributed by atoms with Crippen LogP contribution >= 0.6 is 11.6 Å². The monoisotopic (exact) mass is 285 g/mol. The molecule has 0 aliphatic rings. The van der Waals surface area contributed by atoms with Gasteiger partial charge in [0.2, 0.25) is 5.91 Å². The van der Waals surface area contributed by atoms with Gasteiger partial charge in [-0.25, -0.2) is 0 Å². The topological polar surface area (TPSA) is 84.3 Å². The molecule has 0 unspecified atom stereocenters. The summed E-state index contributed by atoms with van der Waals surface area (Å²) in [5.74, 6) is -0.143. The maximum absolute atomic E-state index is 11.4. The third-order valence-corrected chi connectivity index (χ3v) is 2.78. The van der Waals surface area contributed by atoms with Crippen LogP contribution in [0.1, 0.15) is 18.9 Å². The maximum Gasteiger partial charge on any atom is 0.271 e. The molecule has 0 fully saturated rings. The predicted octanol–water partition coefficient (Wildman–Crippen LogP) is 2.49. The molecule has 0 radical (unpaired) electrons. The summed E-state index contributed by atoms with van der Waals surface area (Å²) in [7, 11) is 0. The van der Waals surface area contributed by atoms with E-state index in [2.05, 4.69) is 10.6 Å². The van der Waals surface area contributed by atoms with Crippen LogP contribution in [0.4, 0.5) is 11.4 Å². The Hall–Kier alpha value is -1.82. The second kappa shape index (κ2) is 6.94. The van der Waals surface area contributed by atoms with Crippen molar-refractivity contribution in [2.45, 2.75) is 20.3 Å². The van der Waals surface area contributed by atoms with Crippen LogP contribution < -0.4 is 10.6 Å². The second-order valence-corrected chi connectivity index (χ2v) is 4.49. The summed E-state index contributed by atoms with van der Waals surface area (Å²) < 4.78 is 0. The number of anilines is 1. The fourth-order valence-electron chi connectivity index (χ4n) is 1.55. The SMILES string of the molecule is CCCNC(=O)CNc1c(C)cc([N+](=O)[O-])cc1Cl. The van der Waals surface area contributed by atoms with Crippen LogP contribution in [0.5, 0.6) is 0 Å². The zero-order valence-electron chi connectivity index (χ0n) is 10.8. The van der Waals surface area contributed by atoms with Crippen LogP contribution in [-0.2, 0) is 4.79 Å². The summed E-state index contributed by atoms with van der Waals surface area (Å²) in [6.45, 7) is 4.36. The number of halogens is 1. The lowest BCUT2D eigenvalue weighted by Crippen LogP contribution is -2.30. The number of aryl methyl sites for hydroxylation is 1. The molecule has 1 aromatic carbocycles. The number of carbonyl (C=O) groups excluding carboxylic acids is 1. The van der Waals surface area contributed by atoms with Crippen LogP contribution in [0.2, 0.25) is 5.02 Å². The highest BCUT2D eigenvalue weighted by molar-refractivity contribution is 6.33. The molecule has 104 valence electrons. The fraction of sp³-hybridized carbons (Fsp3) is 0.417. The first-order chi connectivity index (χ1) is 8.95. The Morgan fingerprint density at radius 1 is 1.47 bits per heavy atom. The zero-order chi connectivity index (χ0) is 14.4. The quantitative estimate of drug-likeness (QED) is 0.621. The molecule has 7 heteroatoms. The highest BCUT2D eigenvalue weighted by Crippen LogP contribution is 2.30. The highest BCUT2D eigenvalue weighted by atomic mass is 35.5. The summed E-state index contributed by atoms with van der Waals surface area (Å²) >= 11 is 5.97. The van der Waals surface area contributed by atoms with E-state index in [9.17, 15) is 14.9 Å². The highest BCUT2D eigenvalue weighted by Gasteiger charge is 2.13. The van der Waals surface area contributed by atoms with Crippen molar-refractivity contribution >= 4 is 28.9 Å². The Bertz CT molecular complexity index is 468. The number of nitrogens with zero attached hydrogens (tertiary/aromatic N) is 1. The average molecular weight is 286 g/mol. The van der Waals surface area contributed by atoms with Crippen LogP contribution in [0.25, 0.3) is 0 Å². The molecule has 0 aliphatic heterocycles. The third-order valence-electron chi connectivity index (χ3n) is 2.48. The lowest BCUT2D eigenvalue weighted by atomic mass is 10.1. The normalized spacial score (nSPS) is 10.1. The average Bonchev–Trinajstić information content (AvgIpc) is 2.34. The minimum Gasteiger partial charge on any atom is -0.375 e. The minimum atomic E-state index is -0.503. The number of nitrogens with one attached hydrogen (secondary N) is 2. The molecule has 0 heterocycles. The van der Waals surface area contributed by atoms with Gasteiger partial charge in [0.1, 0.15) is 0 Å². The summed E-state index contributed by atoms with van der Waals surface area (Å²) in [5.41, 5.74) is 1.10. The first-order valence-corrected chi connectivity index (χ1v) is 6.28. The van der Waals surface area contributed by atoms with Gasteiger partial charge in [0.15, 0.2) is 0 Å².